The molecule has 4 heterocycles. The fourth-order valence-corrected chi connectivity index (χ4v) is 3.97. The molecule has 132 valence electrons. The average Bonchev–Trinajstić information content (AvgIpc) is 3.27. The molecule has 7 heteroatoms. The number of hydrogen-bond acceptors (Lipinski definition) is 7. The van der Waals surface area contributed by atoms with E-state index in [1.807, 2.05) is 12.3 Å². The highest BCUT2D eigenvalue weighted by Gasteiger charge is 2.34. The van der Waals surface area contributed by atoms with Gasteiger partial charge >= 0.3 is 0 Å². The summed E-state index contributed by atoms with van der Waals surface area (Å²) in [6, 6.07) is 2.62. The van der Waals surface area contributed by atoms with Gasteiger partial charge in [0.05, 0.1) is 31.4 Å². The summed E-state index contributed by atoms with van der Waals surface area (Å²) in [6.07, 6.45) is 5.83. The fraction of sp³-hybridized carbons (Fsp3) is 0.765. The molecule has 2 atom stereocenters. The van der Waals surface area contributed by atoms with E-state index in [1.165, 1.54) is 25.9 Å². The van der Waals surface area contributed by atoms with Gasteiger partial charge in [0, 0.05) is 19.3 Å². The Labute approximate surface area is 143 Å². The Kier molecular flexibility index (Phi) is 4.82. The van der Waals surface area contributed by atoms with Crippen molar-refractivity contribution in [1.82, 2.24) is 14.9 Å². The number of piperidine rings is 1. The Morgan fingerprint density at radius 3 is 2.71 bits per heavy atom. The van der Waals surface area contributed by atoms with Crippen LogP contribution in [0, 0.1) is 0 Å². The third-order valence-electron chi connectivity index (χ3n) is 5.40. The molecule has 0 saturated carbocycles. The van der Waals surface area contributed by atoms with E-state index in [4.69, 9.17) is 9.72 Å². The van der Waals surface area contributed by atoms with Crippen LogP contribution in [0.15, 0.2) is 12.3 Å². The van der Waals surface area contributed by atoms with Crippen molar-refractivity contribution < 1.29 is 9.84 Å². The first kappa shape index (κ1) is 16.1. The first-order valence-electron chi connectivity index (χ1n) is 9.14. The van der Waals surface area contributed by atoms with Crippen molar-refractivity contribution in [3.8, 4) is 0 Å². The lowest BCUT2D eigenvalue weighted by Gasteiger charge is -2.31. The molecule has 0 bridgehead atoms. The predicted octanol–water partition coefficient (Wildman–Crippen LogP) is 0.713. The highest BCUT2D eigenvalue weighted by Crippen LogP contribution is 2.23. The fourth-order valence-electron chi connectivity index (χ4n) is 3.97. The molecule has 0 aromatic carbocycles. The number of rotatable bonds is 4. The zero-order valence-electron chi connectivity index (χ0n) is 14.1. The van der Waals surface area contributed by atoms with Gasteiger partial charge < -0.3 is 20.1 Å². The Bertz CT molecular complexity index is 544. The summed E-state index contributed by atoms with van der Waals surface area (Å²) in [7, 11) is 0. The summed E-state index contributed by atoms with van der Waals surface area (Å²) in [4.78, 5) is 13.8. The van der Waals surface area contributed by atoms with Crippen molar-refractivity contribution in [1.29, 1.82) is 0 Å². The lowest BCUT2D eigenvalue weighted by Crippen LogP contribution is -2.45. The van der Waals surface area contributed by atoms with Crippen molar-refractivity contribution in [2.24, 2.45) is 0 Å². The summed E-state index contributed by atoms with van der Waals surface area (Å²) in [5.41, 5.74) is 0. The first-order chi connectivity index (χ1) is 11.8. The normalized spacial score (nSPS) is 29.3. The van der Waals surface area contributed by atoms with Gasteiger partial charge in [0.15, 0.2) is 0 Å². The molecule has 0 spiro atoms. The van der Waals surface area contributed by atoms with Gasteiger partial charge in [-0.15, -0.1) is 0 Å². The second-order valence-electron chi connectivity index (χ2n) is 7.06. The van der Waals surface area contributed by atoms with E-state index in [-0.39, 0.29) is 12.1 Å². The number of anilines is 2. The Balaban J connectivity index is 1.41. The Morgan fingerprint density at radius 2 is 1.92 bits per heavy atom. The Morgan fingerprint density at radius 1 is 1.12 bits per heavy atom. The van der Waals surface area contributed by atoms with Crippen LogP contribution >= 0.6 is 0 Å². The number of likely N-dealkylation sites (tertiary alicyclic amines) is 1. The van der Waals surface area contributed by atoms with E-state index in [2.05, 4.69) is 20.1 Å². The molecule has 0 radical (unpaired) electrons. The summed E-state index contributed by atoms with van der Waals surface area (Å²) < 4.78 is 5.71. The van der Waals surface area contributed by atoms with Gasteiger partial charge in [0.25, 0.3) is 0 Å². The number of aliphatic hydroxyl groups excluding tert-OH is 1. The Hall–Kier alpha value is -1.44. The maximum atomic E-state index is 9.66. The molecule has 0 amide bonds. The van der Waals surface area contributed by atoms with Crippen LogP contribution in [0.5, 0.6) is 0 Å². The monoisotopic (exact) mass is 333 g/mol. The number of nitrogens with one attached hydrogen (secondary N) is 1. The van der Waals surface area contributed by atoms with Crippen LogP contribution in [0.2, 0.25) is 0 Å². The number of aromatic nitrogens is 2. The van der Waals surface area contributed by atoms with Gasteiger partial charge in [-0.25, -0.2) is 4.98 Å². The van der Waals surface area contributed by atoms with Crippen molar-refractivity contribution in [2.45, 2.75) is 43.9 Å². The molecule has 1 aromatic heterocycles. The molecular weight excluding hydrogens is 306 g/mol. The van der Waals surface area contributed by atoms with Crippen LogP contribution in [0.4, 0.5) is 11.8 Å². The van der Waals surface area contributed by atoms with Crippen LogP contribution in [0.25, 0.3) is 0 Å². The molecule has 7 nitrogen and oxygen atoms in total. The minimum Gasteiger partial charge on any atom is -0.393 e. The van der Waals surface area contributed by atoms with Crippen molar-refractivity contribution in [3.05, 3.63) is 12.3 Å². The lowest BCUT2D eigenvalue weighted by molar-refractivity contribution is 0.145. The zero-order valence-corrected chi connectivity index (χ0v) is 14.1. The molecule has 3 aliphatic rings. The maximum absolute atomic E-state index is 9.66. The third-order valence-corrected chi connectivity index (χ3v) is 5.40. The lowest BCUT2D eigenvalue weighted by atomic mass is 10.1. The van der Waals surface area contributed by atoms with Crippen LogP contribution in [0.1, 0.15) is 25.7 Å². The highest BCUT2D eigenvalue weighted by molar-refractivity contribution is 5.43. The maximum Gasteiger partial charge on any atom is 0.224 e. The van der Waals surface area contributed by atoms with Crippen LogP contribution in [0.3, 0.4) is 0 Å². The number of aliphatic hydroxyl groups is 1. The van der Waals surface area contributed by atoms with Crippen molar-refractivity contribution >= 4 is 11.8 Å². The summed E-state index contributed by atoms with van der Waals surface area (Å²) in [5.74, 6) is 1.62. The van der Waals surface area contributed by atoms with E-state index in [0.717, 1.165) is 38.4 Å². The molecule has 4 rings (SSSR count). The molecule has 2 unspecified atom stereocenters. The highest BCUT2D eigenvalue weighted by atomic mass is 16.5. The summed E-state index contributed by atoms with van der Waals surface area (Å²) >= 11 is 0. The van der Waals surface area contributed by atoms with Crippen LogP contribution in [-0.2, 0) is 4.74 Å². The van der Waals surface area contributed by atoms with Gasteiger partial charge in [-0.2, -0.15) is 4.98 Å². The second-order valence-corrected chi connectivity index (χ2v) is 7.06. The van der Waals surface area contributed by atoms with Crippen molar-refractivity contribution in [2.75, 3.05) is 49.6 Å². The predicted molar refractivity (Wildman–Crippen MR) is 92.3 cm³/mol. The minimum atomic E-state index is -0.169. The largest absolute Gasteiger partial charge is 0.393 e. The van der Waals surface area contributed by atoms with E-state index in [9.17, 15) is 5.11 Å². The third kappa shape index (κ3) is 3.48. The number of ether oxygens (including phenoxy) is 1. The van der Waals surface area contributed by atoms with Crippen LogP contribution < -0.4 is 10.2 Å². The zero-order chi connectivity index (χ0) is 16.4. The molecule has 3 fully saturated rings. The molecule has 0 aliphatic carbocycles. The minimum absolute atomic E-state index is 0.169. The van der Waals surface area contributed by atoms with Gasteiger partial charge in [0.2, 0.25) is 5.95 Å². The molecule has 1 aromatic rings. The second kappa shape index (κ2) is 7.21. The molecule has 24 heavy (non-hydrogen) atoms. The smallest absolute Gasteiger partial charge is 0.224 e. The SMILES string of the molecule is OC1CCN(c2ccnc(NC3COCC3N3CCCC3)n2)CC1. The van der Waals surface area contributed by atoms with E-state index < -0.39 is 0 Å². The van der Waals surface area contributed by atoms with Gasteiger partial charge in [-0.3, -0.25) is 4.90 Å². The molecular formula is C17H27N5O2. The molecule has 3 aliphatic heterocycles. The summed E-state index contributed by atoms with van der Waals surface area (Å²) in [5, 5.41) is 13.2. The average molecular weight is 333 g/mol. The standard InChI is InChI=1S/C17H27N5O2/c23-13-4-9-22(10-5-13)16-3-6-18-17(20-16)19-14-11-24-12-15(14)21-7-1-2-8-21/h3,6,13-15,23H,1-2,4-5,7-12H2,(H,18,19,20). The molecule has 2 N–H and O–H groups in total. The van der Waals surface area contributed by atoms with Gasteiger partial charge in [-0.05, 0) is 44.8 Å². The first-order valence-corrected chi connectivity index (χ1v) is 9.14. The van der Waals surface area contributed by atoms with Crippen molar-refractivity contribution in [3.63, 3.8) is 0 Å². The number of nitrogens with zero attached hydrogens (tertiary/aromatic N) is 4. The summed E-state index contributed by atoms with van der Waals surface area (Å²) in [6.45, 7) is 5.54. The van der Waals surface area contributed by atoms with Gasteiger partial charge in [-0.1, -0.05) is 0 Å². The van der Waals surface area contributed by atoms with E-state index in [1.54, 1.807) is 0 Å². The quantitative estimate of drug-likeness (QED) is 0.841. The van der Waals surface area contributed by atoms with Gasteiger partial charge in [0.1, 0.15) is 5.82 Å². The van der Waals surface area contributed by atoms with Crippen LogP contribution in [-0.4, -0.2) is 77.6 Å². The topological polar surface area (TPSA) is 73.8 Å². The molecule has 3 saturated heterocycles. The number of hydrogen-bond donors (Lipinski definition) is 2. The van der Waals surface area contributed by atoms with E-state index in [0.29, 0.717) is 18.6 Å². The van der Waals surface area contributed by atoms with E-state index >= 15 is 0 Å².